The van der Waals surface area contributed by atoms with E-state index in [1.165, 1.54) is 7.11 Å². The van der Waals surface area contributed by atoms with Gasteiger partial charge in [-0.2, -0.15) is 10.1 Å². The summed E-state index contributed by atoms with van der Waals surface area (Å²) in [5.41, 5.74) is 2.04. The summed E-state index contributed by atoms with van der Waals surface area (Å²) >= 11 is 0. The van der Waals surface area contributed by atoms with Crippen molar-refractivity contribution in [2.24, 2.45) is 0 Å². The fourth-order valence-corrected chi connectivity index (χ4v) is 2.68. The number of anilines is 3. The molecule has 3 aromatic rings. The lowest BCUT2D eigenvalue weighted by molar-refractivity contribution is 0.0602. The number of nitrogens with one attached hydrogen (secondary N) is 2. The molecule has 0 bridgehead atoms. The molecule has 0 amide bonds. The molecule has 0 aliphatic heterocycles. The first-order valence-electron chi connectivity index (χ1n) is 8.71. The first kappa shape index (κ1) is 19.1. The van der Waals surface area contributed by atoms with Crippen molar-refractivity contribution < 1.29 is 14.3 Å². The van der Waals surface area contributed by atoms with Crippen LogP contribution >= 0.6 is 0 Å². The number of carbonyl (C=O) groups excluding carboxylic acids is 1. The van der Waals surface area contributed by atoms with Crippen LogP contribution in [0.2, 0.25) is 0 Å². The number of hydrogen-bond donors (Lipinski definition) is 2. The minimum atomic E-state index is -0.442. The van der Waals surface area contributed by atoms with E-state index >= 15 is 0 Å². The Hall–Kier alpha value is -3.68. The van der Waals surface area contributed by atoms with E-state index in [0.29, 0.717) is 23.6 Å². The molecule has 2 aromatic carbocycles. The molecule has 0 radical (unpaired) electrons. The minimum absolute atomic E-state index is 0.277. The fourth-order valence-electron chi connectivity index (χ4n) is 2.68. The summed E-state index contributed by atoms with van der Waals surface area (Å²) in [6, 6.07) is 14.8. The van der Waals surface area contributed by atoms with Crippen molar-refractivity contribution in [1.82, 2.24) is 15.2 Å². The van der Waals surface area contributed by atoms with Crippen molar-refractivity contribution in [2.45, 2.75) is 6.42 Å². The van der Waals surface area contributed by atoms with E-state index in [1.54, 1.807) is 37.6 Å². The van der Waals surface area contributed by atoms with Crippen LogP contribution in [0.1, 0.15) is 15.9 Å². The highest BCUT2D eigenvalue weighted by Gasteiger charge is 2.12. The Morgan fingerprint density at radius 3 is 2.68 bits per heavy atom. The van der Waals surface area contributed by atoms with Crippen molar-refractivity contribution in [2.75, 3.05) is 31.4 Å². The molecular formula is C20H21N5O3. The van der Waals surface area contributed by atoms with Crippen LogP contribution in [0.5, 0.6) is 5.75 Å². The number of ether oxygens (including phenoxy) is 2. The molecule has 0 fully saturated rings. The summed E-state index contributed by atoms with van der Waals surface area (Å²) in [7, 11) is 2.99. The molecular weight excluding hydrogens is 358 g/mol. The first-order chi connectivity index (χ1) is 13.7. The van der Waals surface area contributed by atoms with Gasteiger partial charge in [-0.3, -0.25) is 0 Å². The Balaban J connectivity index is 1.66. The molecule has 0 spiro atoms. The summed E-state index contributed by atoms with van der Waals surface area (Å²) in [5, 5.41) is 14.2. The summed E-state index contributed by atoms with van der Waals surface area (Å²) in [4.78, 5) is 16.3. The maximum Gasteiger partial charge on any atom is 0.339 e. The third-order valence-corrected chi connectivity index (χ3v) is 4.03. The van der Waals surface area contributed by atoms with Crippen molar-refractivity contribution in [1.29, 1.82) is 0 Å². The maximum atomic E-state index is 11.9. The van der Waals surface area contributed by atoms with Gasteiger partial charge in [-0.05, 0) is 30.2 Å². The minimum Gasteiger partial charge on any atom is -0.496 e. The number of aromatic nitrogens is 3. The summed E-state index contributed by atoms with van der Waals surface area (Å²) < 4.78 is 10.2. The van der Waals surface area contributed by atoms with Crippen LogP contribution in [-0.4, -0.2) is 41.9 Å². The van der Waals surface area contributed by atoms with Gasteiger partial charge >= 0.3 is 5.97 Å². The Kier molecular flexibility index (Phi) is 6.35. The highest BCUT2D eigenvalue weighted by molar-refractivity contribution is 5.96. The zero-order valence-electron chi connectivity index (χ0n) is 15.7. The normalized spacial score (nSPS) is 10.2. The molecule has 1 aromatic heterocycles. The van der Waals surface area contributed by atoms with Gasteiger partial charge < -0.3 is 20.1 Å². The molecule has 0 atom stereocenters. The molecule has 0 unspecified atom stereocenters. The highest BCUT2D eigenvalue weighted by Crippen LogP contribution is 2.20. The van der Waals surface area contributed by atoms with Crippen LogP contribution in [0.3, 0.4) is 0 Å². The third-order valence-electron chi connectivity index (χ3n) is 4.03. The fraction of sp³-hybridized carbons (Fsp3) is 0.200. The van der Waals surface area contributed by atoms with E-state index in [4.69, 9.17) is 9.47 Å². The molecule has 8 nitrogen and oxygen atoms in total. The zero-order valence-corrected chi connectivity index (χ0v) is 15.7. The number of carbonyl (C=O) groups is 1. The lowest BCUT2D eigenvalue weighted by Crippen LogP contribution is -2.10. The van der Waals surface area contributed by atoms with Crippen molar-refractivity contribution in [3.05, 3.63) is 65.9 Å². The molecule has 0 saturated carbocycles. The number of para-hydroxylation sites is 2. The van der Waals surface area contributed by atoms with Gasteiger partial charge in [0.1, 0.15) is 5.75 Å². The van der Waals surface area contributed by atoms with Gasteiger partial charge in [0.25, 0.3) is 0 Å². The topological polar surface area (TPSA) is 98.3 Å². The second-order valence-corrected chi connectivity index (χ2v) is 5.82. The average molecular weight is 379 g/mol. The van der Waals surface area contributed by atoms with Gasteiger partial charge in [-0.25, -0.2) is 4.79 Å². The Labute approximate surface area is 162 Å². The molecule has 1 heterocycles. The van der Waals surface area contributed by atoms with Crippen LogP contribution in [0, 0.1) is 0 Å². The summed E-state index contributed by atoms with van der Waals surface area (Å²) in [6.45, 7) is 0.650. The van der Waals surface area contributed by atoms with E-state index in [1.807, 2.05) is 24.3 Å². The number of esters is 1. The van der Waals surface area contributed by atoms with Crippen molar-refractivity contribution in [3.63, 3.8) is 0 Å². The Morgan fingerprint density at radius 2 is 1.86 bits per heavy atom. The second kappa shape index (κ2) is 9.31. The first-order valence-corrected chi connectivity index (χ1v) is 8.71. The van der Waals surface area contributed by atoms with Crippen LogP contribution in [0.15, 0.2) is 54.7 Å². The van der Waals surface area contributed by atoms with Gasteiger partial charge in [-0.15, -0.1) is 5.10 Å². The number of benzene rings is 2. The van der Waals surface area contributed by atoms with Crippen LogP contribution in [0.4, 0.5) is 17.5 Å². The number of hydrogen-bond acceptors (Lipinski definition) is 8. The predicted octanol–water partition coefficient (Wildman–Crippen LogP) is 3.07. The summed E-state index contributed by atoms with van der Waals surface area (Å²) in [6.07, 6.45) is 2.31. The van der Waals surface area contributed by atoms with Crippen LogP contribution in [0.25, 0.3) is 0 Å². The molecule has 0 aliphatic rings. The Morgan fingerprint density at radius 1 is 1.07 bits per heavy atom. The monoisotopic (exact) mass is 379 g/mol. The molecule has 0 saturated heterocycles. The van der Waals surface area contributed by atoms with E-state index in [0.717, 1.165) is 17.7 Å². The van der Waals surface area contributed by atoms with Gasteiger partial charge in [-0.1, -0.05) is 30.3 Å². The van der Waals surface area contributed by atoms with E-state index in [2.05, 4.69) is 25.8 Å². The quantitative estimate of drug-likeness (QED) is 0.576. The predicted molar refractivity (Wildman–Crippen MR) is 106 cm³/mol. The van der Waals surface area contributed by atoms with Crippen molar-refractivity contribution in [3.8, 4) is 5.75 Å². The lowest BCUT2D eigenvalue weighted by atomic mass is 10.1. The standard InChI is InChI=1S/C20H21N5O3/c1-27-17-10-6-3-7-14(17)11-12-21-18-13-22-25-20(24-18)23-16-9-5-4-8-15(16)19(26)28-2/h3-10,13H,11-12H2,1-2H3,(H2,21,23,24,25). The molecule has 144 valence electrons. The van der Waals surface area contributed by atoms with Crippen LogP contribution < -0.4 is 15.4 Å². The molecule has 2 N–H and O–H groups in total. The third kappa shape index (κ3) is 4.73. The SMILES string of the molecule is COC(=O)c1ccccc1Nc1nncc(NCCc2ccccc2OC)n1. The Bertz CT molecular complexity index is 948. The van der Waals surface area contributed by atoms with Gasteiger partial charge in [0, 0.05) is 6.54 Å². The molecule has 8 heteroatoms. The van der Waals surface area contributed by atoms with Crippen molar-refractivity contribution >= 4 is 23.4 Å². The van der Waals surface area contributed by atoms with E-state index in [9.17, 15) is 4.79 Å². The number of nitrogens with zero attached hydrogens (tertiary/aromatic N) is 3. The molecule has 3 rings (SSSR count). The van der Waals surface area contributed by atoms with Gasteiger partial charge in [0.05, 0.1) is 31.7 Å². The largest absolute Gasteiger partial charge is 0.496 e. The smallest absolute Gasteiger partial charge is 0.339 e. The maximum absolute atomic E-state index is 11.9. The van der Waals surface area contributed by atoms with E-state index < -0.39 is 5.97 Å². The second-order valence-electron chi connectivity index (χ2n) is 5.82. The van der Waals surface area contributed by atoms with Gasteiger partial charge in [0.2, 0.25) is 5.95 Å². The number of rotatable bonds is 8. The molecule has 28 heavy (non-hydrogen) atoms. The zero-order chi connectivity index (χ0) is 19.8. The van der Waals surface area contributed by atoms with E-state index in [-0.39, 0.29) is 5.95 Å². The summed E-state index contributed by atoms with van der Waals surface area (Å²) in [5.74, 6) is 1.26. The molecule has 0 aliphatic carbocycles. The number of methoxy groups -OCH3 is 2. The average Bonchev–Trinajstić information content (AvgIpc) is 2.74. The van der Waals surface area contributed by atoms with Gasteiger partial charge in [0.15, 0.2) is 5.82 Å². The van der Waals surface area contributed by atoms with Crippen LogP contribution in [-0.2, 0) is 11.2 Å². The lowest BCUT2D eigenvalue weighted by Gasteiger charge is -2.11. The highest BCUT2D eigenvalue weighted by atomic mass is 16.5.